The minimum Gasteiger partial charge on any atom is -0.446 e. The van der Waals surface area contributed by atoms with E-state index in [2.05, 4.69) is 4.98 Å². The summed E-state index contributed by atoms with van der Waals surface area (Å²) in [6.07, 6.45) is 1.45. The summed E-state index contributed by atoms with van der Waals surface area (Å²) in [5.74, 6) is 0.0995. The fourth-order valence-electron chi connectivity index (χ4n) is 1.15. The molecule has 0 aromatic carbocycles. The van der Waals surface area contributed by atoms with Gasteiger partial charge in [-0.3, -0.25) is 0 Å². The quantitative estimate of drug-likeness (QED) is 0.616. The maximum absolute atomic E-state index is 8.72. The van der Waals surface area contributed by atoms with Gasteiger partial charge in [-0.15, -0.1) is 0 Å². The van der Waals surface area contributed by atoms with Crippen LogP contribution in [0.3, 0.4) is 0 Å². The molecule has 0 aliphatic heterocycles. The minimum atomic E-state index is 0.0995. The Morgan fingerprint density at radius 3 is 2.92 bits per heavy atom. The number of aromatic nitrogens is 1. The molecule has 0 fully saturated rings. The summed E-state index contributed by atoms with van der Waals surface area (Å²) in [5, 5.41) is 9.33. The Kier molecular flexibility index (Phi) is 1.36. The minimum absolute atomic E-state index is 0.0995. The van der Waals surface area contributed by atoms with E-state index in [9.17, 15) is 0 Å². The van der Waals surface area contributed by atoms with Gasteiger partial charge in [0.25, 0.3) is 0 Å². The van der Waals surface area contributed by atoms with Crippen molar-refractivity contribution in [3.8, 4) is 6.07 Å². The number of hydrogen-bond acceptors (Lipinski definition) is 5. The van der Waals surface area contributed by atoms with Crippen LogP contribution in [0.2, 0.25) is 0 Å². The number of furan rings is 1. The van der Waals surface area contributed by atoms with Gasteiger partial charge in [0.1, 0.15) is 17.5 Å². The van der Waals surface area contributed by atoms with E-state index >= 15 is 0 Å². The molecule has 2 rings (SSSR count). The zero-order valence-corrected chi connectivity index (χ0v) is 6.61. The number of rotatable bonds is 0. The van der Waals surface area contributed by atoms with Crippen LogP contribution in [-0.2, 0) is 0 Å². The van der Waals surface area contributed by atoms with Crippen molar-refractivity contribution in [1.82, 2.24) is 4.98 Å². The van der Waals surface area contributed by atoms with Crippen LogP contribution < -0.4 is 11.5 Å². The molecule has 0 spiro atoms. The summed E-state index contributed by atoms with van der Waals surface area (Å²) in [6.45, 7) is 0. The first-order valence-corrected chi connectivity index (χ1v) is 3.56. The third-order valence-corrected chi connectivity index (χ3v) is 1.79. The standard InChI is InChI=1S/C8H6N4O/c9-3-5-6(10)4-1-2-13-8(4)12-7(5)11/h1-2H,(H4,10,11,12). The second kappa shape index (κ2) is 2.38. The van der Waals surface area contributed by atoms with Crippen molar-refractivity contribution in [2.45, 2.75) is 0 Å². The summed E-state index contributed by atoms with van der Waals surface area (Å²) in [6, 6.07) is 3.54. The Morgan fingerprint density at radius 2 is 2.23 bits per heavy atom. The smallest absolute Gasteiger partial charge is 0.229 e. The van der Waals surface area contributed by atoms with Gasteiger partial charge in [0.15, 0.2) is 0 Å². The van der Waals surface area contributed by atoms with Gasteiger partial charge in [-0.05, 0) is 6.07 Å². The fraction of sp³-hybridized carbons (Fsp3) is 0. The van der Waals surface area contributed by atoms with Crippen molar-refractivity contribution >= 4 is 22.6 Å². The lowest BCUT2D eigenvalue weighted by Gasteiger charge is -2.00. The number of fused-ring (bicyclic) bond motifs is 1. The Bertz CT molecular complexity index is 509. The van der Waals surface area contributed by atoms with Crippen LogP contribution in [0.5, 0.6) is 0 Å². The van der Waals surface area contributed by atoms with Crippen molar-refractivity contribution in [3.05, 3.63) is 17.9 Å². The molecule has 0 saturated carbocycles. The van der Waals surface area contributed by atoms with E-state index in [0.717, 1.165) is 0 Å². The zero-order chi connectivity index (χ0) is 9.42. The molecule has 2 aromatic rings. The van der Waals surface area contributed by atoms with Crippen LogP contribution in [0.25, 0.3) is 11.1 Å². The maximum atomic E-state index is 8.72. The Labute approximate surface area is 73.6 Å². The van der Waals surface area contributed by atoms with E-state index in [1.807, 2.05) is 6.07 Å². The summed E-state index contributed by atoms with van der Waals surface area (Å²) in [4.78, 5) is 3.88. The van der Waals surface area contributed by atoms with E-state index in [0.29, 0.717) is 16.8 Å². The van der Waals surface area contributed by atoms with Crippen LogP contribution in [0.4, 0.5) is 11.5 Å². The SMILES string of the molecule is N#Cc1c(N)nc2occc2c1N. The molecule has 0 atom stereocenters. The van der Waals surface area contributed by atoms with E-state index < -0.39 is 0 Å². The number of nitrogen functional groups attached to an aromatic ring is 2. The second-order valence-electron chi connectivity index (χ2n) is 2.54. The molecule has 5 nitrogen and oxygen atoms in total. The van der Waals surface area contributed by atoms with Gasteiger partial charge in [-0.25, -0.2) is 0 Å². The van der Waals surface area contributed by atoms with E-state index in [1.165, 1.54) is 6.26 Å². The fourth-order valence-corrected chi connectivity index (χ4v) is 1.15. The van der Waals surface area contributed by atoms with Crippen molar-refractivity contribution in [1.29, 1.82) is 5.26 Å². The van der Waals surface area contributed by atoms with Gasteiger partial charge >= 0.3 is 0 Å². The van der Waals surface area contributed by atoms with Gasteiger partial charge in [0.05, 0.1) is 17.3 Å². The third-order valence-electron chi connectivity index (χ3n) is 1.79. The summed E-state index contributed by atoms with van der Waals surface area (Å²) >= 11 is 0. The summed E-state index contributed by atoms with van der Waals surface area (Å²) in [5.41, 5.74) is 12.0. The van der Waals surface area contributed by atoms with E-state index in [4.69, 9.17) is 21.1 Å². The van der Waals surface area contributed by atoms with Crippen LogP contribution >= 0.6 is 0 Å². The molecule has 13 heavy (non-hydrogen) atoms. The monoisotopic (exact) mass is 174 g/mol. The highest BCUT2D eigenvalue weighted by molar-refractivity contribution is 5.92. The van der Waals surface area contributed by atoms with Crippen molar-refractivity contribution < 1.29 is 4.42 Å². The molecule has 5 heteroatoms. The lowest BCUT2D eigenvalue weighted by Crippen LogP contribution is -1.99. The molecule has 0 amide bonds. The number of hydrogen-bond donors (Lipinski definition) is 2. The van der Waals surface area contributed by atoms with Gasteiger partial charge in [0, 0.05) is 0 Å². The predicted molar refractivity (Wildman–Crippen MR) is 47.5 cm³/mol. The first-order valence-electron chi connectivity index (χ1n) is 3.56. The highest BCUT2D eigenvalue weighted by atomic mass is 16.3. The molecule has 0 aliphatic carbocycles. The van der Waals surface area contributed by atoms with Crippen molar-refractivity contribution in [2.75, 3.05) is 11.5 Å². The molecule has 0 aliphatic rings. The average molecular weight is 174 g/mol. The van der Waals surface area contributed by atoms with E-state index in [-0.39, 0.29) is 11.4 Å². The largest absolute Gasteiger partial charge is 0.446 e. The van der Waals surface area contributed by atoms with Crippen LogP contribution in [0.15, 0.2) is 16.7 Å². The topological polar surface area (TPSA) is 102 Å². The van der Waals surface area contributed by atoms with Crippen molar-refractivity contribution in [2.24, 2.45) is 0 Å². The molecule has 0 unspecified atom stereocenters. The first-order chi connectivity index (χ1) is 6.24. The van der Waals surface area contributed by atoms with Gasteiger partial charge in [-0.1, -0.05) is 0 Å². The highest BCUT2D eigenvalue weighted by Crippen LogP contribution is 2.26. The Hall–Kier alpha value is -2.22. The maximum Gasteiger partial charge on any atom is 0.229 e. The lowest BCUT2D eigenvalue weighted by molar-refractivity contribution is 0.604. The molecule has 2 heterocycles. The molecule has 0 saturated heterocycles. The van der Waals surface area contributed by atoms with Gasteiger partial charge in [0.2, 0.25) is 5.71 Å². The molecule has 4 N–H and O–H groups in total. The zero-order valence-electron chi connectivity index (χ0n) is 6.61. The number of nitrogens with two attached hydrogens (primary N) is 2. The third kappa shape index (κ3) is 0.891. The van der Waals surface area contributed by atoms with Crippen LogP contribution in [0, 0.1) is 11.3 Å². The Morgan fingerprint density at radius 1 is 1.46 bits per heavy atom. The molecule has 0 radical (unpaired) electrons. The van der Waals surface area contributed by atoms with E-state index in [1.54, 1.807) is 6.07 Å². The van der Waals surface area contributed by atoms with Gasteiger partial charge < -0.3 is 15.9 Å². The van der Waals surface area contributed by atoms with Crippen LogP contribution in [0.1, 0.15) is 5.56 Å². The predicted octanol–water partition coefficient (Wildman–Crippen LogP) is 0.864. The summed E-state index contributed by atoms with van der Waals surface area (Å²) < 4.78 is 5.00. The van der Waals surface area contributed by atoms with Gasteiger partial charge in [-0.2, -0.15) is 10.2 Å². The molecule has 64 valence electrons. The second-order valence-corrected chi connectivity index (χ2v) is 2.54. The average Bonchev–Trinajstić information content (AvgIpc) is 2.53. The normalized spacial score (nSPS) is 10.1. The van der Waals surface area contributed by atoms with Crippen molar-refractivity contribution in [3.63, 3.8) is 0 Å². The number of anilines is 2. The highest BCUT2D eigenvalue weighted by Gasteiger charge is 2.11. The molecule has 2 aromatic heterocycles. The number of nitriles is 1. The molecular formula is C8H6N4O. The van der Waals surface area contributed by atoms with Crippen LogP contribution in [-0.4, -0.2) is 4.98 Å². The number of pyridine rings is 1. The lowest BCUT2D eigenvalue weighted by atomic mass is 10.2. The summed E-state index contributed by atoms with van der Waals surface area (Å²) in [7, 11) is 0. The molecule has 0 bridgehead atoms. The molecular weight excluding hydrogens is 168 g/mol. The first kappa shape index (κ1) is 7.43. The number of nitrogens with zero attached hydrogens (tertiary/aromatic N) is 2. The Balaban J connectivity index is 2.95.